The van der Waals surface area contributed by atoms with Crippen LogP contribution in [0.2, 0.25) is 0 Å². The highest BCUT2D eigenvalue weighted by atomic mass is 16.1. The highest BCUT2D eigenvalue weighted by Gasteiger charge is 2.01. The minimum Gasteiger partial charge on any atom is -0.355 e. The molecule has 0 heterocycles. The van der Waals surface area contributed by atoms with Gasteiger partial charge in [-0.3, -0.25) is 4.79 Å². The molecule has 0 aliphatic carbocycles. The molecule has 3 nitrogen and oxygen atoms in total. The first kappa shape index (κ1) is 20.9. The van der Waals surface area contributed by atoms with Crippen LogP contribution in [-0.2, 0) is 4.79 Å². The Morgan fingerprint density at radius 3 is 2.05 bits per heavy atom. The maximum Gasteiger partial charge on any atom is 0.233 e. The summed E-state index contributed by atoms with van der Waals surface area (Å²) in [6.45, 7) is 15.3. The minimum absolute atomic E-state index is 0.103. The van der Waals surface area contributed by atoms with Gasteiger partial charge in [0, 0.05) is 12.6 Å². The maximum atomic E-state index is 11.5. The first-order valence-electron chi connectivity index (χ1n) is 8.77. The summed E-state index contributed by atoms with van der Waals surface area (Å²) >= 11 is 0. The van der Waals surface area contributed by atoms with Crippen molar-refractivity contribution in [2.45, 2.75) is 78.2 Å². The summed E-state index contributed by atoms with van der Waals surface area (Å²) in [6.07, 6.45) is 9.74. The van der Waals surface area contributed by atoms with Gasteiger partial charge in [-0.1, -0.05) is 70.3 Å². The fraction of sp³-hybridized carbons (Fsp3) is 0.737. The van der Waals surface area contributed by atoms with Crippen LogP contribution in [0.25, 0.3) is 0 Å². The topological polar surface area (TPSA) is 41.1 Å². The van der Waals surface area contributed by atoms with Gasteiger partial charge in [0.1, 0.15) is 0 Å². The van der Waals surface area contributed by atoms with Crippen molar-refractivity contribution in [3.63, 3.8) is 0 Å². The van der Waals surface area contributed by atoms with Gasteiger partial charge in [-0.15, -0.1) is 0 Å². The molecule has 0 fully saturated rings. The van der Waals surface area contributed by atoms with E-state index in [1.54, 1.807) is 0 Å². The van der Waals surface area contributed by atoms with Crippen molar-refractivity contribution < 1.29 is 4.79 Å². The number of carbonyl (C=O) groups excluding carboxylic acids is 1. The van der Waals surface area contributed by atoms with Crippen LogP contribution in [0.15, 0.2) is 24.3 Å². The van der Waals surface area contributed by atoms with Crippen molar-refractivity contribution in [2.24, 2.45) is 0 Å². The largest absolute Gasteiger partial charge is 0.355 e. The predicted octanol–water partition coefficient (Wildman–Crippen LogP) is 4.35. The molecular weight excluding hydrogens is 272 g/mol. The third-order valence-electron chi connectivity index (χ3n) is 3.75. The molecule has 0 unspecified atom stereocenters. The van der Waals surface area contributed by atoms with E-state index >= 15 is 0 Å². The van der Waals surface area contributed by atoms with Gasteiger partial charge in [0.05, 0.1) is 6.54 Å². The van der Waals surface area contributed by atoms with Gasteiger partial charge >= 0.3 is 0 Å². The summed E-state index contributed by atoms with van der Waals surface area (Å²) in [5.41, 5.74) is 2.31. The molecule has 0 saturated carbocycles. The third kappa shape index (κ3) is 13.9. The molecule has 3 heteroatoms. The quantitative estimate of drug-likeness (QED) is 0.370. The lowest BCUT2D eigenvalue weighted by Gasteiger charge is -2.08. The summed E-state index contributed by atoms with van der Waals surface area (Å²) < 4.78 is 0. The zero-order valence-electron chi connectivity index (χ0n) is 15.0. The summed E-state index contributed by atoms with van der Waals surface area (Å²) in [4.78, 5) is 11.5. The number of allylic oxidation sites excluding steroid dienone is 2. The van der Waals surface area contributed by atoms with Crippen LogP contribution in [0.5, 0.6) is 0 Å². The second-order valence-corrected chi connectivity index (χ2v) is 6.49. The molecule has 0 spiro atoms. The van der Waals surface area contributed by atoms with Crippen LogP contribution < -0.4 is 10.6 Å². The van der Waals surface area contributed by atoms with E-state index in [9.17, 15) is 4.79 Å². The highest BCUT2D eigenvalue weighted by molar-refractivity contribution is 5.77. The Morgan fingerprint density at radius 1 is 0.955 bits per heavy atom. The van der Waals surface area contributed by atoms with Crippen molar-refractivity contribution in [2.75, 3.05) is 13.1 Å². The van der Waals surface area contributed by atoms with E-state index in [1.165, 1.54) is 44.1 Å². The summed E-state index contributed by atoms with van der Waals surface area (Å²) in [7, 11) is 0. The van der Waals surface area contributed by atoms with E-state index in [2.05, 4.69) is 23.8 Å². The van der Waals surface area contributed by atoms with Crippen molar-refractivity contribution in [1.29, 1.82) is 0 Å². The van der Waals surface area contributed by atoms with Gasteiger partial charge in [0.2, 0.25) is 5.91 Å². The number of hydrogen-bond acceptors (Lipinski definition) is 2. The molecular formula is C19H36N2O. The van der Waals surface area contributed by atoms with Crippen LogP contribution in [0, 0.1) is 0 Å². The Kier molecular flexibility index (Phi) is 12.9. The molecule has 128 valence electrons. The van der Waals surface area contributed by atoms with Crippen LogP contribution in [0.3, 0.4) is 0 Å². The molecule has 0 aromatic rings. The second kappa shape index (κ2) is 13.6. The average molecular weight is 309 g/mol. The number of hydrogen-bond donors (Lipinski definition) is 2. The van der Waals surface area contributed by atoms with E-state index < -0.39 is 0 Å². The summed E-state index contributed by atoms with van der Waals surface area (Å²) in [5, 5.41) is 6.07. The highest BCUT2D eigenvalue weighted by Crippen LogP contribution is 2.15. The first-order chi connectivity index (χ1) is 10.4. The molecule has 0 aromatic heterocycles. The van der Waals surface area contributed by atoms with Crippen molar-refractivity contribution >= 4 is 5.91 Å². The van der Waals surface area contributed by atoms with E-state index in [1.807, 2.05) is 20.8 Å². The summed E-state index contributed by atoms with van der Waals surface area (Å²) in [6, 6.07) is 0.360. The van der Waals surface area contributed by atoms with Gasteiger partial charge in [0.25, 0.3) is 0 Å². The molecule has 0 bridgehead atoms. The van der Waals surface area contributed by atoms with Gasteiger partial charge in [-0.2, -0.15) is 0 Å². The average Bonchev–Trinajstić information content (AvgIpc) is 2.46. The van der Waals surface area contributed by atoms with Gasteiger partial charge in [-0.05, 0) is 26.2 Å². The first-order valence-corrected chi connectivity index (χ1v) is 8.77. The molecule has 1 amide bonds. The Morgan fingerprint density at radius 2 is 1.50 bits per heavy atom. The number of unbranched alkanes of at least 4 members (excludes halogenated alkanes) is 6. The normalized spacial score (nSPS) is 10.7. The Balaban J connectivity index is 3.25. The Bertz CT molecular complexity index is 334. The number of rotatable bonds is 14. The number of carbonyl (C=O) groups is 1. The molecule has 0 aliphatic rings. The second-order valence-electron chi connectivity index (χ2n) is 6.49. The lowest BCUT2D eigenvalue weighted by atomic mass is 10.0. The van der Waals surface area contributed by atoms with Crippen LogP contribution in [0.1, 0.15) is 72.1 Å². The van der Waals surface area contributed by atoms with Crippen LogP contribution >= 0.6 is 0 Å². The molecule has 0 saturated heterocycles. The van der Waals surface area contributed by atoms with E-state index in [0.29, 0.717) is 12.6 Å². The van der Waals surface area contributed by atoms with E-state index in [0.717, 1.165) is 25.0 Å². The standard InChI is InChI=1S/C19H36N2O/c1-16(2)18(5)13-11-9-7-6-8-10-12-14-20-19(22)15-21-17(3)4/h17,21H,1,5-15H2,2-4H3,(H,20,22). The van der Waals surface area contributed by atoms with Gasteiger partial charge in [0.15, 0.2) is 0 Å². The van der Waals surface area contributed by atoms with Crippen molar-refractivity contribution in [3.05, 3.63) is 24.3 Å². The van der Waals surface area contributed by atoms with Crippen molar-refractivity contribution in [1.82, 2.24) is 10.6 Å². The zero-order chi connectivity index (χ0) is 16.8. The van der Waals surface area contributed by atoms with Crippen LogP contribution in [-0.4, -0.2) is 25.0 Å². The monoisotopic (exact) mass is 308 g/mol. The maximum absolute atomic E-state index is 11.5. The van der Waals surface area contributed by atoms with Gasteiger partial charge in [-0.25, -0.2) is 0 Å². The number of amides is 1. The molecule has 0 radical (unpaired) electrons. The SMILES string of the molecule is C=C(C)C(=C)CCCCCCCCCNC(=O)CNC(C)C. The smallest absolute Gasteiger partial charge is 0.233 e. The minimum atomic E-state index is 0.103. The third-order valence-corrected chi connectivity index (χ3v) is 3.75. The van der Waals surface area contributed by atoms with Crippen molar-refractivity contribution in [3.8, 4) is 0 Å². The fourth-order valence-corrected chi connectivity index (χ4v) is 2.15. The van der Waals surface area contributed by atoms with E-state index in [-0.39, 0.29) is 5.91 Å². The Labute approximate surface area is 137 Å². The zero-order valence-corrected chi connectivity index (χ0v) is 15.0. The molecule has 0 rings (SSSR count). The molecule has 0 aromatic carbocycles. The lowest BCUT2D eigenvalue weighted by molar-refractivity contribution is -0.120. The molecule has 0 aliphatic heterocycles. The summed E-state index contributed by atoms with van der Waals surface area (Å²) in [5.74, 6) is 0.103. The molecule has 0 atom stereocenters. The van der Waals surface area contributed by atoms with E-state index in [4.69, 9.17) is 0 Å². The fourth-order valence-electron chi connectivity index (χ4n) is 2.15. The van der Waals surface area contributed by atoms with Crippen LogP contribution in [0.4, 0.5) is 0 Å². The predicted molar refractivity (Wildman–Crippen MR) is 97.0 cm³/mol. The van der Waals surface area contributed by atoms with Gasteiger partial charge < -0.3 is 10.6 Å². The molecule has 22 heavy (non-hydrogen) atoms. The lowest BCUT2D eigenvalue weighted by Crippen LogP contribution is -2.37. The molecule has 2 N–H and O–H groups in total. The number of nitrogens with one attached hydrogen (secondary N) is 2. The Hall–Kier alpha value is -1.09.